The van der Waals surface area contributed by atoms with Gasteiger partial charge in [-0.15, -0.1) is 3.89 Å². The first-order valence-electron chi connectivity index (χ1n) is 4.51. The van der Waals surface area contributed by atoms with Crippen molar-refractivity contribution in [1.82, 2.24) is 13.9 Å². The lowest BCUT2D eigenvalue weighted by molar-refractivity contribution is 0.913. The minimum Gasteiger partial charge on any atom is -0.244 e. The molecule has 0 saturated heterocycles. The molecule has 0 fully saturated rings. The molecule has 0 spiro atoms. The highest BCUT2D eigenvalue weighted by atomic mass is 35.5. The maximum absolute atomic E-state index is 12.5. The Balaban J connectivity index is 0.000000531. The van der Waals surface area contributed by atoms with E-state index >= 15 is 0 Å². The number of hydrogen-bond acceptors (Lipinski definition) is 3. The van der Waals surface area contributed by atoms with Crippen molar-refractivity contribution in [3.63, 3.8) is 0 Å². The smallest absolute Gasteiger partial charge is 0.171 e. The Morgan fingerprint density at radius 1 is 1.40 bits per heavy atom. The molecule has 0 bridgehead atoms. The average Bonchev–Trinajstić information content (AvgIpc) is 2.59. The summed E-state index contributed by atoms with van der Waals surface area (Å²) in [5, 5.41) is 1.02. The van der Waals surface area contributed by atoms with E-state index in [4.69, 9.17) is 11.6 Å². The van der Waals surface area contributed by atoms with Gasteiger partial charge in [-0.1, -0.05) is 25.4 Å². The molecule has 0 N–H and O–H groups in total. The molecule has 0 aliphatic heterocycles. The van der Waals surface area contributed by atoms with Gasteiger partial charge in [-0.25, -0.2) is 13.9 Å². The van der Waals surface area contributed by atoms with Crippen molar-refractivity contribution in [3.8, 4) is 0 Å². The highest BCUT2D eigenvalue weighted by molar-refractivity contribution is 7.92. The third kappa shape index (κ3) is 2.23. The van der Waals surface area contributed by atoms with Crippen LogP contribution in [0.25, 0.3) is 11.0 Å². The van der Waals surface area contributed by atoms with Crippen molar-refractivity contribution in [2.24, 2.45) is 0 Å². The number of halogens is 2. The van der Waals surface area contributed by atoms with Gasteiger partial charge in [-0.3, -0.25) is 0 Å². The van der Waals surface area contributed by atoms with Crippen molar-refractivity contribution in [2.45, 2.75) is 20.8 Å². The molecule has 6 heteroatoms. The van der Waals surface area contributed by atoms with E-state index < -0.39 is 0 Å². The molecule has 0 aliphatic carbocycles. The van der Waals surface area contributed by atoms with Crippen LogP contribution in [-0.2, 0) is 0 Å². The molecule has 0 aliphatic rings. The Hall–Kier alpha value is -0.810. The molecule has 3 nitrogen and oxygen atoms in total. The zero-order valence-electron chi connectivity index (χ0n) is 8.66. The molecule has 0 amide bonds. The second-order valence-electron chi connectivity index (χ2n) is 2.55. The molecular formula is C9H11ClFN3S. The van der Waals surface area contributed by atoms with Crippen molar-refractivity contribution in [2.75, 3.05) is 0 Å². The van der Waals surface area contributed by atoms with Crippen LogP contribution in [0.3, 0.4) is 0 Å². The van der Waals surface area contributed by atoms with Gasteiger partial charge < -0.3 is 0 Å². The SMILES string of the molecule is CC.Cc1cc2c(Cl)ncnc2n1SF. The Labute approximate surface area is 97.1 Å². The molecule has 15 heavy (non-hydrogen) atoms. The molecule has 2 aromatic heterocycles. The lowest BCUT2D eigenvalue weighted by atomic mass is 10.4. The van der Waals surface area contributed by atoms with Crippen molar-refractivity contribution in [1.29, 1.82) is 0 Å². The Kier molecular flexibility index (Phi) is 4.35. The molecule has 2 heterocycles. The second kappa shape index (κ2) is 5.32. The molecule has 0 unspecified atom stereocenters. The quantitative estimate of drug-likeness (QED) is 0.718. The maximum atomic E-state index is 12.5. The first-order chi connectivity index (χ1) is 7.24. The lowest BCUT2D eigenvalue weighted by Crippen LogP contribution is -1.88. The summed E-state index contributed by atoms with van der Waals surface area (Å²) < 4.78 is 13.8. The van der Waals surface area contributed by atoms with Crippen molar-refractivity contribution >= 4 is 35.0 Å². The Morgan fingerprint density at radius 2 is 2.07 bits per heavy atom. The topological polar surface area (TPSA) is 30.7 Å². The van der Waals surface area contributed by atoms with Crippen molar-refractivity contribution in [3.05, 3.63) is 23.2 Å². The number of nitrogens with zero attached hydrogens (tertiary/aromatic N) is 3. The summed E-state index contributed by atoms with van der Waals surface area (Å²) in [6.07, 6.45) is 1.32. The monoisotopic (exact) mass is 247 g/mol. The minimum absolute atomic E-state index is 0.108. The average molecular weight is 248 g/mol. The molecule has 2 rings (SSSR count). The zero-order chi connectivity index (χ0) is 11.4. The number of aromatic nitrogens is 3. The van der Waals surface area contributed by atoms with E-state index in [0.29, 0.717) is 16.2 Å². The zero-order valence-corrected chi connectivity index (χ0v) is 10.2. The minimum atomic E-state index is 0.108. The van der Waals surface area contributed by atoms with Gasteiger partial charge in [0.1, 0.15) is 11.5 Å². The van der Waals surface area contributed by atoms with Crippen LogP contribution in [0.2, 0.25) is 5.15 Å². The van der Waals surface area contributed by atoms with E-state index in [0.717, 1.165) is 5.69 Å². The van der Waals surface area contributed by atoms with Crippen LogP contribution in [0, 0.1) is 6.92 Å². The van der Waals surface area contributed by atoms with Gasteiger partial charge >= 0.3 is 0 Å². The summed E-state index contributed by atoms with van der Waals surface area (Å²) in [7, 11) is 0. The maximum Gasteiger partial charge on any atom is 0.171 e. The normalized spacial score (nSPS) is 9.93. The number of rotatable bonds is 1. The molecule has 0 saturated carbocycles. The van der Waals surface area contributed by atoms with Crippen LogP contribution in [-0.4, -0.2) is 13.9 Å². The first kappa shape index (κ1) is 12.3. The van der Waals surface area contributed by atoms with Gasteiger partial charge in [-0.2, -0.15) is 0 Å². The van der Waals surface area contributed by atoms with E-state index in [1.165, 1.54) is 10.3 Å². The molecule has 0 aromatic carbocycles. The van der Waals surface area contributed by atoms with E-state index in [-0.39, 0.29) is 12.3 Å². The fraction of sp³-hybridized carbons (Fsp3) is 0.333. The molecular weight excluding hydrogens is 237 g/mol. The molecule has 0 radical (unpaired) electrons. The van der Waals surface area contributed by atoms with Crippen LogP contribution >= 0.6 is 23.9 Å². The fourth-order valence-electron chi connectivity index (χ4n) is 1.17. The summed E-state index contributed by atoms with van der Waals surface area (Å²) >= 11 is 5.91. The second-order valence-corrected chi connectivity index (χ2v) is 3.41. The summed E-state index contributed by atoms with van der Waals surface area (Å²) in [6, 6.07) is 1.75. The number of hydrogen-bond donors (Lipinski definition) is 0. The van der Waals surface area contributed by atoms with E-state index in [9.17, 15) is 3.89 Å². The Bertz CT molecular complexity index is 458. The predicted molar refractivity (Wildman–Crippen MR) is 62.7 cm³/mol. The van der Waals surface area contributed by atoms with Crippen molar-refractivity contribution < 1.29 is 3.89 Å². The standard InChI is InChI=1S/C7H5ClFN3S.C2H6/c1-4-2-5-6(8)10-3-11-7(5)12(4)13-9;1-2/h2-3H,1H3;1-2H3. The third-order valence-electron chi connectivity index (χ3n) is 1.75. The van der Waals surface area contributed by atoms with Crippen LogP contribution in [0.1, 0.15) is 19.5 Å². The predicted octanol–water partition coefficient (Wildman–Crippen LogP) is 3.80. The van der Waals surface area contributed by atoms with Gasteiger partial charge in [0.25, 0.3) is 0 Å². The molecule has 2 aromatic rings. The van der Waals surface area contributed by atoms with E-state index in [1.807, 2.05) is 13.8 Å². The van der Waals surface area contributed by atoms with Crippen LogP contribution in [0.15, 0.2) is 12.4 Å². The van der Waals surface area contributed by atoms with Gasteiger partial charge in [0.05, 0.1) is 5.39 Å². The summed E-state index contributed by atoms with van der Waals surface area (Å²) in [6.45, 7) is 5.78. The lowest BCUT2D eigenvalue weighted by Gasteiger charge is -1.96. The van der Waals surface area contributed by atoms with Crippen LogP contribution in [0.4, 0.5) is 3.89 Å². The number of aryl methyl sites for hydroxylation is 1. The van der Waals surface area contributed by atoms with Gasteiger partial charge in [-0.05, 0) is 13.0 Å². The summed E-state index contributed by atoms with van der Waals surface area (Å²) in [5.74, 6) is 0. The fourth-order valence-corrected chi connectivity index (χ4v) is 1.73. The van der Waals surface area contributed by atoms with Crippen LogP contribution < -0.4 is 0 Å². The van der Waals surface area contributed by atoms with Gasteiger partial charge in [0.15, 0.2) is 18.0 Å². The highest BCUT2D eigenvalue weighted by Gasteiger charge is 2.10. The number of fused-ring (bicyclic) bond motifs is 1. The van der Waals surface area contributed by atoms with Gasteiger partial charge in [0.2, 0.25) is 0 Å². The largest absolute Gasteiger partial charge is 0.244 e. The summed E-state index contributed by atoms with van der Waals surface area (Å²) in [5.41, 5.74) is 1.26. The molecule has 0 atom stereocenters. The van der Waals surface area contributed by atoms with E-state index in [1.54, 1.807) is 13.0 Å². The van der Waals surface area contributed by atoms with E-state index in [2.05, 4.69) is 9.97 Å². The third-order valence-corrected chi connectivity index (χ3v) is 2.65. The Morgan fingerprint density at radius 3 is 2.67 bits per heavy atom. The first-order valence-corrected chi connectivity index (χ1v) is 5.57. The molecule has 82 valence electrons. The highest BCUT2D eigenvalue weighted by Crippen LogP contribution is 2.26. The van der Waals surface area contributed by atoms with Gasteiger partial charge in [0, 0.05) is 5.69 Å². The van der Waals surface area contributed by atoms with Crippen LogP contribution in [0.5, 0.6) is 0 Å². The summed E-state index contributed by atoms with van der Waals surface area (Å²) in [4.78, 5) is 7.75.